The molecule has 0 heterocycles. The van der Waals surface area contributed by atoms with Crippen molar-refractivity contribution in [1.82, 2.24) is 0 Å². The van der Waals surface area contributed by atoms with Crippen LogP contribution in [0.2, 0.25) is 0 Å². The molecule has 0 aromatic heterocycles. The van der Waals surface area contributed by atoms with Gasteiger partial charge in [0.2, 0.25) is 0 Å². The first-order valence-corrected chi connectivity index (χ1v) is 8.24. The summed E-state index contributed by atoms with van der Waals surface area (Å²) in [5, 5.41) is 27.6. The van der Waals surface area contributed by atoms with E-state index in [1.165, 1.54) is 11.8 Å². The van der Waals surface area contributed by atoms with Crippen LogP contribution >= 0.6 is 11.8 Å². The molecule has 0 N–H and O–H groups in total. The Morgan fingerprint density at radius 3 is 2.41 bits per heavy atom. The van der Waals surface area contributed by atoms with Crippen LogP contribution in [-0.4, -0.2) is 18.8 Å². The maximum atomic E-state index is 12.0. The number of allylic oxidation sites excluding steroid dienone is 2. The Kier molecular flexibility index (Phi) is 7.23. The predicted octanol–water partition coefficient (Wildman–Crippen LogP) is 3.22. The highest BCUT2D eigenvalue weighted by atomic mass is 32.2. The maximum absolute atomic E-state index is 12.0. The molecule has 6 heteroatoms. The van der Waals surface area contributed by atoms with E-state index < -0.39 is 11.9 Å². The van der Waals surface area contributed by atoms with Gasteiger partial charge >= 0.3 is 5.97 Å². The summed E-state index contributed by atoms with van der Waals surface area (Å²) in [4.78, 5) is 12.6. The summed E-state index contributed by atoms with van der Waals surface area (Å²) in [6.07, 6.45) is 4.85. The topological polar surface area (TPSA) is 97.7 Å². The first-order chi connectivity index (χ1) is 10.6. The van der Waals surface area contributed by atoms with E-state index in [9.17, 15) is 10.1 Å². The summed E-state index contributed by atoms with van der Waals surface area (Å²) in [6.45, 7) is 1.91. The zero-order chi connectivity index (χ0) is 16.5. The molecule has 1 rings (SSSR count). The quantitative estimate of drug-likeness (QED) is 0.570. The second-order valence-corrected chi connectivity index (χ2v) is 5.47. The van der Waals surface area contributed by atoms with Gasteiger partial charge < -0.3 is 4.74 Å². The minimum atomic E-state index is -0.962. The monoisotopic (exact) mass is 315 g/mol. The third kappa shape index (κ3) is 3.91. The first-order valence-electron chi connectivity index (χ1n) is 7.01. The van der Waals surface area contributed by atoms with Gasteiger partial charge in [0.15, 0.2) is 5.92 Å². The summed E-state index contributed by atoms with van der Waals surface area (Å²) in [6, 6.07) is 5.80. The summed E-state index contributed by atoms with van der Waals surface area (Å²) in [7, 11) is 0. The lowest BCUT2D eigenvalue weighted by atomic mass is 9.83. The van der Waals surface area contributed by atoms with E-state index in [1.807, 2.05) is 18.2 Å². The van der Waals surface area contributed by atoms with Gasteiger partial charge in [-0.15, -0.1) is 11.8 Å². The molecule has 0 saturated carbocycles. The van der Waals surface area contributed by atoms with Gasteiger partial charge in [-0.1, -0.05) is 0 Å². The van der Waals surface area contributed by atoms with Gasteiger partial charge in [-0.2, -0.15) is 15.8 Å². The van der Waals surface area contributed by atoms with E-state index in [-0.39, 0.29) is 12.2 Å². The molecule has 1 atom stereocenters. The van der Waals surface area contributed by atoms with Gasteiger partial charge in [0.25, 0.3) is 0 Å². The average molecular weight is 315 g/mol. The third-order valence-corrected chi connectivity index (χ3v) is 4.30. The van der Waals surface area contributed by atoms with Crippen LogP contribution in [0.1, 0.15) is 32.6 Å². The molecule has 22 heavy (non-hydrogen) atoms. The zero-order valence-electron chi connectivity index (χ0n) is 12.7. The highest BCUT2D eigenvalue weighted by Crippen LogP contribution is 2.39. The van der Waals surface area contributed by atoms with Crippen LogP contribution in [0.5, 0.6) is 0 Å². The van der Waals surface area contributed by atoms with Crippen LogP contribution in [0.25, 0.3) is 0 Å². The Morgan fingerprint density at radius 2 is 1.91 bits per heavy atom. The minimum absolute atomic E-state index is 0.0300. The number of ether oxygens (including phenoxy) is 1. The van der Waals surface area contributed by atoms with Crippen molar-refractivity contribution in [2.45, 2.75) is 32.6 Å². The van der Waals surface area contributed by atoms with E-state index in [0.29, 0.717) is 23.3 Å². The lowest BCUT2D eigenvalue weighted by Crippen LogP contribution is -2.21. The van der Waals surface area contributed by atoms with Crippen LogP contribution in [0, 0.1) is 39.9 Å². The second kappa shape index (κ2) is 8.93. The molecule has 0 radical (unpaired) electrons. The Morgan fingerprint density at radius 1 is 1.27 bits per heavy atom. The molecule has 114 valence electrons. The lowest BCUT2D eigenvalue weighted by Gasteiger charge is -2.24. The van der Waals surface area contributed by atoms with Gasteiger partial charge in [0.1, 0.15) is 17.7 Å². The van der Waals surface area contributed by atoms with E-state index in [0.717, 1.165) is 18.4 Å². The van der Waals surface area contributed by atoms with Gasteiger partial charge in [0, 0.05) is 4.91 Å². The number of esters is 1. The standard InChI is InChI=1S/C16H17N3O2S/c1-3-21-16(20)14(10-19)12-6-4-5-7-13(12)15(22-2)11(8-17)9-18/h14H,3-7H2,1-2H3. The van der Waals surface area contributed by atoms with Crippen LogP contribution in [0.4, 0.5) is 0 Å². The Hall–Kier alpha value is -2.23. The minimum Gasteiger partial charge on any atom is -0.465 e. The Balaban J connectivity index is 3.44. The van der Waals surface area contributed by atoms with Crippen molar-refractivity contribution in [2.75, 3.05) is 12.9 Å². The molecule has 1 aliphatic carbocycles. The highest BCUT2D eigenvalue weighted by molar-refractivity contribution is 8.02. The predicted molar refractivity (Wildman–Crippen MR) is 83.0 cm³/mol. The molecule has 0 aromatic rings. The first kappa shape index (κ1) is 17.8. The van der Waals surface area contributed by atoms with Crippen molar-refractivity contribution < 1.29 is 9.53 Å². The smallest absolute Gasteiger partial charge is 0.327 e. The number of carbonyl (C=O) groups is 1. The number of rotatable bonds is 5. The molecular formula is C16H17N3O2S. The molecule has 0 saturated heterocycles. The fourth-order valence-electron chi connectivity index (χ4n) is 2.51. The molecule has 1 aliphatic rings. The largest absolute Gasteiger partial charge is 0.465 e. The van der Waals surface area contributed by atoms with E-state index >= 15 is 0 Å². The Bertz CT molecular complexity index is 613. The molecular weight excluding hydrogens is 298 g/mol. The molecule has 0 spiro atoms. The SMILES string of the molecule is CCOC(=O)C(C#N)C1=C(C(SC)=C(C#N)C#N)CCCC1. The average Bonchev–Trinajstić information content (AvgIpc) is 2.54. The highest BCUT2D eigenvalue weighted by Gasteiger charge is 2.30. The third-order valence-electron chi connectivity index (χ3n) is 3.44. The van der Waals surface area contributed by atoms with Crippen LogP contribution in [0.15, 0.2) is 21.6 Å². The van der Waals surface area contributed by atoms with Crippen molar-refractivity contribution in [2.24, 2.45) is 5.92 Å². The normalized spacial score (nSPS) is 15.0. The number of nitriles is 3. The second-order valence-electron chi connectivity index (χ2n) is 4.66. The van der Waals surface area contributed by atoms with Crippen LogP contribution in [-0.2, 0) is 9.53 Å². The van der Waals surface area contributed by atoms with Gasteiger partial charge in [-0.3, -0.25) is 4.79 Å². The molecule has 0 fully saturated rings. The fraction of sp³-hybridized carbons (Fsp3) is 0.500. The number of carbonyl (C=O) groups excluding carboxylic acids is 1. The van der Waals surface area contributed by atoms with Gasteiger partial charge in [0.05, 0.1) is 12.7 Å². The van der Waals surface area contributed by atoms with Crippen molar-refractivity contribution in [3.05, 3.63) is 21.6 Å². The van der Waals surface area contributed by atoms with Gasteiger partial charge in [-0.05, 0) is 50.0 Å². The summed E-state index contributed by atoms with van der Waals surface area (Å²) in [5.41, 5.74) is 1.51. The Labute approximate surface area is 134 Å². The molecule has 0 aromatic carbocycles. The fourth-order valence-corrected chi connectivity index (χ4v) is 3.28. The van der Waals surface area contributed by atoms with E-state index in [4.69, 9.17) is 15.3 Å². The summed E-state index contributed by atoms with van der Waals surface area (Å²) >= 11 is 1.31. The molecule has 5 nitrogen and oxygen atoms in total. The summed E-state index contributed by atoms with van der Waals surface area (Å²) in [5.74, 6) is -1.52. The van der Waals surface area contributed by atoms with Crippen molar-refractivity contribution in [3.8, 4) is 18.2 Å². The number of hydrogen-bond acceptors (Lipinski definition) is 6. The molecule has 1 unspecified atom stereocenters. The zero-order valence-corrected chi connectivity index (χ0v) is 13.5. The molecule has 0 amide bonds. The number of nitrogens with zero attached hydrogens (tertiary/aromatic N) is 3. The maximum Gasteiger partial charge on any atom is 0.327 e. The van der Waals surface area contributed by atoms with Crippen LogP contribution < -0.4 is 0 Å². The van der Waals surface area contributed by atoms with E-state index in [1.54, 1.807) is 13.2 Å². The summed E-state index contributed by atoms with van der Waals surface area (Å²) < 4.78 is 4.97. The van der Waals surface area contributed by atoms with Gasteiger partial charge in [-0.25, -0.2) is 0 Å². The number of hydrogen-bond donors (Lipinski definition) is 0. The van der Waals surface area contributed by atoms with Crippen molar-refractivity contribution >= 4 is 17.7 Å². The van der Waals surface area contributed by atoms with Crippen molar-refractivity contribution in [1.29, 1.82) is 15.8 Å². The molecule has 0 bridgehead atoms. The number of thioether (sulfide) groups is 1. The van der Waals surface area contributed by atoms with Crippen LogP contribution in [0.3, 0.4) is 0 Å². The lowest BCUT2D eigenvalue weighted by molar-refractivity contribution is -0.144. The van der Waals surface area contributed by atoms with E-state index in [2.05, 4.69) is 0 Å². The van der Waals surface area contributed by atoms with Crippen molar-refractivity contribution in [3.63, 3.8) is 0 Å². The molecule has 0 aliphatic heterocycles.